The molecule has 1 atom stereocenters. The summed E-state index contributed by atoms with van der Waals surface area (Å²) < 4.78 is 11.2. The monoisotopic (exact) mass is 383 g/mol. The zero-order chi connectivity index (χ0) is 20.1. The maximum Gasteiger partial charge on any atom is 0.270 e. The number of nitrogens with two attached hydrogens (primary N) is 1. The third-order valence-electron chi connectivity index (χ3n) is 4.04. The van der Waals surface area contributed by atoms with E-state index in [1.54, 1.807) is 12.1 Å². The molecule has 1 aromatic heterocycles. The van der Waals surface area contributed by atoms with Crippen LogP contribution in [0, 0.1) is 10.1 Å². The highest BCUT2D eigenvalue weighted by atomic mass is 16.6. The molecule has 3 aromatic rings. The van der Waals surface area contributed by atoms with Crippen molar-refractivity contribution in [3.05, 3.63) is 64.0 Å². The number of nitro benzene ring substituents is 1. The molecular formula is C19H21N5O4. The van der Waals surface area contributed by atoms with E-state index in [1.807, 2.05) is 32.0 Å². The van der Waals surface area contributed by atoms with Gasteiger partial charge in [0.15, 0.2) is 17.3 Å². The van der Waals surface area contributed by atoms with Crippen molar-refractivity contribution in [2.75, 3.05) is 13.2 Å². The van der Waals surface area contributed by atoms with Crippen LogP contribution in [0.15, 0.2) is 42.5 Å². The van der Waals surface area contributed by atoms with Crippen molar-refractivity contribution in [3.8, 4) is 22.9 Å². The third-order valence-corrected chi connectivity index (χ3v) is 4.04. The Bertz CT molecular complexity index is 972. The van der Waals surface area contributed by atoms with Crippen molar-refractivity contribution in [1.29, 1.82) is 0 Å². The molecule has 146 valence electrons. The van der Waals surface area contributed by atoms with E-state index in [2.05, 4.69) is 15.2 Å². The Morgan fingerprint density at radius 3 is 2.61 bits per heavy atom. The molecule has 0 amide bonds. The zero-order valence-electron chi connectivity index (χ0n) is 15.6. The number of aromatic amines is 1. The fourth-order valence-corrected chi connectivity index (χ4v) is 2.72. The Hall–Kier alpha value is -3.46. The molecule has 3 N–H and O–H groups in total. The number of hydrogen-bond donors (Lipinski definition) is 2. The molecule has 2 aromatic carbocycles. The number of rotatable bonds is 8. The number of aromatic nitrogens is 3. The summed E-state index contributed by atoms with van der Waals surface area (Å²) in [4.78, 5) is 14.9. The molecule has 0 bridgehead atoms. The van der Waals surface area contributed by atoms with Crippen molar-refractivity contribution < 1.29 is 14.4 Å². The molecule has 28 heavy (non-hydrogen) atoms. The van der Waals surface area contributed by atoms with Gasteiger partial charge in [-0.15, -0.1) is 0 Å². The first-order valence-corrected chi connectivity index (χ1v) is 8.85. The van der Waals surface area contributed by atoms with Crippen LogP contribution in [0.25, 0.3) is 11.4 Å². The summed E-state index contributed by atoms with van der Waals surface area (Å²) in [7, 11) is 0. The Labute approximate surface area is 161 Å². The highest BCUT2D eigenvalue weighted by Gasteiger charge is 2.18. The predicted molar refractivity (Wildman–Crippen MR) is 103 cm³/mol. The number of non-ortho nitro benzene ring substituents is 1. The van der Waals surface area contributed by atoms with Crippen molar-refractivity contribution in [2.24, 2.45) is 5.73 Å². The maximum absolute atomic E-state index is 11.0. The minimum atomic E-state index is -0.574. The van der Waals surface area contributed by atoms with Crippen LogP contribution in [0.4, 0.5) is 5.69 Å². The van der Waals surface area contributed by atoms with Gasteiger partial charge in [-0.2, -0.15) is 5.10 Å². The standard InChI is InChI=1S/C19H21N5O4/c1-3-27-15-9-8-12(11-16(15)28-4-2)17(20)19-21-18(22-23-19)13-6-5-7-14(10-13)24(25)26/h5-11,17H,3-4,20H2,1-2H3,(H,21,22,23). The average molecular weight is 383 g/mol. The van der Waals surface area contributed by atoms with Crippen LogP contribution in [0.2, 0.25) is 0 Å². The van der Waals surface area contributed by atoms with Crippen LogP contribution in [0.3, 0.4) is 0 Å². The number of nitro groups is 1. The Balaban J connectivity index is 1.88. The quantitative estimate of drug-likeness (QED) is 0.451. The second-order valence-electron chi connectivity index (χ2n) is 5.90. The molecule has 0 saturated carbocycles. The third kappa shape index (κ3) is 4.09. The summed E-state index contributed by atoms with van der Waals surface area (Å²) in [6, 6.07) is 11.0. The van der Waals surface area contributed by atoms with Gasteiger partial charge >= 0.3 is 0 Å². The second kappa shape index (κ2) is 8.49. The lowest BCUT2D eigenvalue weighted by Crippen LogP contribution is -2.14. The van der Waals surface area contributed by atoms with Gasteiger partial charge in [0, 0.05) is 17.7 Å². The summed E-state index contributed by atoms with van der Waals surface area (Å²) >= 11 is 0. The first-order valence-electron chi connectivity index (χ1n) is 8.85. The largest absolute Gasteiger partial charge is 0.490 e. The molecule has 0 aliphatic rings. The van der Waals surface area contributed by atoms with E-state index < -0.39 is 11.0 Å². The number of ether oxygens (including phenoxy) is 2. The van der Waals surface area contributed by atoms with Crippen LogP contribution in [-0.2, 0) is 0 Å². The minimum Gasteiger partial charge on any atom is -0.490 e. The fraction of sp³-hybridized carbons (Fsp3) is 0.263. The smallest absolute Gasteiger partial charge is 0.270 e. The van der Waals surface area contributed by atoms with E-state index in [9.17, 15) is 10.1 Å². The van der Waals surface area contributed by atoms with Gasteiger partial charge < -0.3 is 15.2 Å². The number of nitrogens with one attached hydrogen (secondary N) is 1. The first-order chi connectivity index (χ1) is 13.5. The van der Waals surface area contributed by atoms with Crippen LogP contribution in [0.1, 0.15) is 31.3 Å². The maximum atomic E-state index is 11.0. The van der Waals surface area contributed by atoms with E-state index >= 15 is 0 Å². The van der Waals surface area contributed by atoms with E-state index in [0.717, 1.165) is 5.56 Å². The molecule has 0 spiro atoms. The van der Waals surface area contributed by atoms with Gasteiger partial charge in [0.2, 0.25) is 0 Å². The Morgan fingerprint density at radius 1 is 1.14 bits per heavy atom. The van der Waals surface area contributed by atoms with E-state index in [1.165, 1.54) is 12.1 Å². The molecule has 0 aliphatic carbocycles. The molecule has 0 radical (unpaired) electrons. The summed E-state index contributed by atoms with van der Waals surface area (Å²) in [5.41, 5.74) is 7.61. The van der Waals surface area contributed by atoms with Gasteiger partial charge in [-0.3, -0.25) is 15.2 Å². The van der Waals surface area contributed by atoms with Gasteiger partial charge in [0.05, 0.1) is 24.2 Å². The lowest BCUT2D eigenvalue weighted by Gasteiger charge is -2.14. The van der Waals surface area contributed by atoms with Crippen molar-refractivity contribution in [2.45, 2.75) is 19.9 Å². The lowest BCUT2D eigenvalue weighted by molar-refractivity contribution is -0.384. The van der Waals surface area contributed by atoms with Gasteiger partial charge in [0.1, 0.15) is 5.82 Å². The van der Waals surface area contributed by atoms with Gasteiger partial charge in [-0.25, -0.2) is 4.98 Å². The van der Waals surface area contributed by atoms with Gasteiger partial charge in [-0.05, 0) is 31.5 Å². The van der Waals surface area contributed by atoms with E-state index in [4.69, 9.17) is 15.2 Å². The minimum absolute atomic E-state index is 0.0268. The summed E-state index contributed by atoms with van der Waals surface area (Å²) in [6.07, 6.45) is 0. The van der Waals surface area contributed by atoms with Crippen molar-refractivity contribution in [3.63, 3.8) is 0 Å². The van der Waals surface area contributed by atoms with E-state index in [-0.39, 0.29) is 5.69 Å². The molecule has 0 fully saturated rings. The first kappa shape index (κ1) is 19.3. The van der Waals surface area contributed by atoms with Crippen LogP contribution in [-0.4, -0.2) is 33.3 Å². The molecule has 1 unspecified atom stereocenters. The van der Waals surface area contributed by atoms with Crippen molar-refractivity contribution >= 4 is 5.69 Å². The van der Waals surface area contributed by atoms with Crippen LogP contribution in [0.5, 0.6) is 11.5 Å². The number of hydrogen-bond acceptors (Lipinski definition) is 7. The number of H-pyrrole nitrogens is 1. The molecule has 3 rings (SSSR count). The molecule has 1 heterocycles. The van der Waals surface area contributed by atoms with Gasteiger partial charge in [0.25, 0.3) is 5.69 Å². The Morgan fingerprint density at radius 2 is 1.89 bits per heavy atom. The lowest BCUT2D eigenvalue weighted by atomic mass is 10.1. The molecule has 0 aliphatic heterocycles. The average Bonchev–Trinajstić information content (AvgIpc) is 3.19. The number of nitrogens with zero attached hydrogens (tertiary/aromatic N) is 3. The van der Waals surface area contributed by atoms with E-state index in [0.29, 0.717) is 41.9 Å². The Kier molecular flexibility index (Phi) is 5.85. The second-order valence-corrected chi connectivity index (χ2v) is 5.90. The molecule has 0 saturated heterocycles. The van der Waals surface area contributed by atoms with Crippen LogP contribution < -0.4 is 15.2 Å². The van der Waals surface area contributed by atoms with Crippen LogP contribution >= 0.6 is 0 Å². The van der Waals surface area contributed by atoms with Crippen molar-refractivity contribution in [1.82, 2.24) is 15.2 Å². The van der Waals surface area contributed by atoms with Gasteiger partial charge in [-0.1, -0.05) is 18.2 Å². The zero-order valence-corrected chi connectivity index (χ0v) is 15.6. The number of benzene rings is 2. The highest BCUT2D eigenvalue weighted by molar-refractivity contribution is 5.59. The SMILES string of the molecule is CCOc1ccc(C(N)c2nc(-c3cccc([N+](=O)[O-])c3)n[nH]2)cc1OCC. The highest BCUT2D eigenvalue weighted by Crippen LogP contribution is 2.32. The normalized spacial score (nSPS) is 11.8. The molecular weight excluding hydrogens is 362 g/mol. The molecule has 9 nitrogen and oxygen atoms in total. The topological polar surface area (TPSA) is 129 Å². The fourth-order valence-electron chi connectivity index (χ4n) is 2.72. The molecule has 9 heteroatoms. The summed E-state index contributed by atoms with van der Waals surface area (Å²) in [6.45, 7) is 4.82. The summed E-state index contributed by atoms with van der Waals surface area (Å²) in [5, 5.41) is 17.9. The summed E-state index contributed by atoms with van der Waals surface area (Å²) in [5.74, 6) is 2.03. The predicted octanol–water partition coefficient (Wildman–Crippen LogP) is 3.23.